The molecule has 2 aromatic rings. The summed E-state index contributed by atoms with van der Waals surface area (Å²) in [6.07, 6.45) is 3.30. The van der Waals surface area contributed by atoms with Gasteiger partial charge < -0.3 is 9.52 Å². The van der Waals surface area contributed by atoms with E-state index in [-0.39, 0.29) is 0 Å². The topological polar surface area (TPSA) is 33.4 Å². The highest BCUT2D eigenvalue weighted by atomic mass is 16.3. The fourth-order valence-electron chi connectivity index (χ4n) is 1.42. The van der Waals surface area contributed by atoms with Gasteiger partial charge in [-0.3, -0.25) is 0 Å². The van der Waals surface area contributed by atoms with Crippen LogP contribution in [0.4, 0.5) is 0 Å². The number of furan rings is 1. The standard InChI is InChI=1S/C12H12O2/c13-12(11-6-7-14-9-11)8-10-4-2-1-3-5-10/h1-7,9,12-13H,8H2. The van der Waals surface area contributed by atoms with Crippen molar-refractivity contribution in [2.75, 3.05) is 0 Å². The van der Waals surface area contributed by atoms with Crippen molar-refractivity contribution >= 4 is 0 Å². The normalized spacial score (nSPS) is 12.6. The minimum Gasteiger partial charge on any atom is -0.472 e. The van der Waals surface area contributed by atoms with Crippen LogP contribution in [0.2, 0.25) is 0 Å². The Morgan fingerprint density at radius 2 is 1.93 bits per heavy atom. The summed E-state index contributed by atoms with van der Waals surface area (Å²) in [4.78, 5) is 0. The van der Waals surface area contributed by atoms with Gasteiger partial charge in [0.1, 0.15) is 0 Å². The van der Waals surface area contributed by atoms with E-state index in [1.807, 2.05) is 30.3 Å². The van der Waals surface area contributed by atoms with Gasteiger partial charge in [-0.2, -0.15) is 0 Å². The van der Waals surface area contributed by atoms with E-state index in [9.17, 15) is 5.11 Å². The van der Waals surface area contributed by atoms with Crippen molar-refractivity contribution in [2.45, 2.75) is 12.5 Å². The molecule has 1 aromatic heterocycles. The van der Waals surface area contributed by atoms with Crippen molar-refractivity contribution in [2.24, 2.45) is 0 Å². The maximum absolute atomic E-state index is 9.80. The lowest BCUT2D eigenvalue weighted by atomic mass is 10.0. The van der Waals surface area contributed by atoms with Gasteiger partial charge >= 0.3 is 0 Å². The smallest absolute Gasteiger partial charge is 0.0960 e. The first-order valence-electron chi connectivity index (χ1n) is 4.60. The summed E-state index contributed by atoms with van der Waals surface area (Å²) >= 11 is 0. The predicted molar refractivity (Wildman–Crippen MR) is 53.8 cm³/mol. The molecule has 0 amide bonds. The fourth-order valence-corrected chi connectivity index (χ4v) is 1.42. The minimum atomic E-state index is -0.476. The highest BCUT2D eigenvalue weighted by Crippen LogP contribution is 2.17. The molecule has 2 rings (SSSR count). The van der Waals surface area contributed by atoms with Gasteiger partial charge in [0.2, 0.25) is 0 Å². The van der Waals surface area contributed by atoms with E-state index in [0.29, 0.717) is 6.42 Å². The molecule has 0 bridgehead atoms. The third-order valence-electron chi connectivity index (χ3n) is 2.20. The third kappa shape index (κ3) is 2.03. The van der Waals surface area contributed by atoms with Crippen LogP contribution in [0.1, 0.15) is 17.2 Å². The molecule has 0 aliphatic carbocycles. The summed E-state index contributed by atoms with van der Waals surface area (Å²) in [7, 11) is 0. The fraction of sp³-hybridized carbons (Fsp3) is 0.167. The Morgan fingerprint density at radius 1 is 1.14 bits per heavy atom. The number of hydrogen-bond acceptors (Lipinski definition) is 2. The van der Waals surface area contributed by atoms with Crippen LogP contribution in [0.5, 0.6) is 0 Å². The van der Waals surface area contributed by atoms with Gasteiger partial charge in [-0.15, -0.1) is 0 Å². The quantitative estimate of drug-likeness (QED) is 0.803. The average molecular weight is 188 g/mol. The lowest BCUT2D eigenvalue weighted by Gasteiger charge is -2.07. The molecule has 0 aliphatic heterocycles. The van der Waals surface area contributed by atoms with Crippen LogP contribution in [-0.4, -0.2) is 5.11 Å². The van der Waals surface area contributed by atoms with Gasteiger partial charge in [0.25, 0.3) is 0 Å². The Bertz CT molecular complexity index is 364. The molecule has 2 nitrogen and oxygen atoms in total. The Balaban J connectivity index is 2.06. The Kier molecular flexibility index (Phi) is 2.65. The summed E-state index contributed by atoms with van der Waals surface area (Å²) < 4.78 is 4.91. The van der Waals surface area contributed by atoms with Crippen molar-refractivity contribution in [1.29, 1.82) is 0 Å². The van der Waals surface area contributed by atoms with Crippen molar-refractivity contribution in [3.05, 3.63) is 60.1 Å². The SMILES string of the molecule is OC(Cc1ccccc1)c1ccoc1. The molecule has 0 saturated carbocycles. The number of aliphatic hydroxyl groups is 1. The molecular formula is C12H12O2. The van der Waals surface area contributed by atoms with Gasteiger partial charge in [-0.1, -0.05) is 30.3 Å². The van der Waals surface area contributed by atoms with Crippen LogP contribution < -0.4 is 0 Å². The number of hydrogen-bond donors (Lipinski definition) is 1. The van der Waals surface area contributed by atoms with E-state index in [4.69, 9.17) is 4.42 Å². The van der Waals surface area contributed by atoms with Gasteiger partial charge in [0.05, 0.1) is 18.6 Å². The van der Waals surface area contributed by atoms with Crippen LogP contribution in [0, 0.1) is 0 Å². The van der Waals surface area contributed by atoms with Crippen molar-refractivity contribution in [3.8, 4) is 0 Å². The molecule has 1 N–H and O–H groups in total. The molecule has 1 unspecified atom stereocenters. The Hall–Kier alpha value is -1.54. The second-order valence-electron chi connectivity index (χ2n) is 3.26. The third-order valence-corrected chi connectivity index (χ3v) is 2.20. The molecule has 1 heterocycles. The molecule has 1 aromatic carbocycles. The molecule has 0 saturated heterocycles. The number of rotatable bonds is 3. The van der Waals surface area contributed by atoms with Crippen LogP contribution >= 0.6 is 0 Å². The monoisotopic (exact) mass is 188 g/mol. The average Bonchev–Trinajstić information content (AvgIpc) is 2.72. The van der Waals surface area contributed by atoms with Crippen molar-refractivity contribution in [3.63, 3.8) is 0 Å². The number of aliphatic hydroxyl groups excluding tert-OH is 1. The highest BCUT2D eigenvalue weighted by molar-refractivity contribution is 5.19. The largest absolute Gasteiger partial charge is 0.472 e. The van der Waals surface area contributed by atoms with Crippen LogP contribution in [0.15, 0.2) is 53.3 Å². The minimum absolute atomic E-state index is 0.476. The van der Waals surface area contributed by atoms with E-state index >= 15 is 0 Å². The lowest BCUT2D eigenvalue weighted by molar-refractivity contribution is 0.177. The van der Waals surface area contributed by atoms with E-state index < -0.39 is 6.10 Å². The highest BCUT2D eigenvalue weighted by Gasteiger charge is 2.08. The number of benzene rings is 1. The van der Waals surface area contributed by atoms with Crippen LogP contribution in [0.3, 0.4) is 0 Å². The first-order chi connectivity index (χ1) is 6.86. The Labute approximate surface area is 82.8 Å². The van der Waals surface area contributed by atoms with Gasteiger partial charge in [0.15, 0.2) is 0 Å². The molecule has 0 aliphatic rings. The summed E-state index contributed by atoms with van der Waals surface area (Å²) in [5.41, 5.74) is 1.95. The second-order valence-corrected chi connectivity index (χ2v) is 3.26. The molecule has 0 spiro atoms. The summed E-state index contributed by atoms with van der Waals surface area (Å²) in [5, 5.41) is 9.80. The zero-order valence-corrected chi connectivity index (χ0v) is 7.76. The van der Waals surface area contributed by atoms with E-state index in [0.717, 1.165) is 11.1 Å². The van der Waals surface area contributed by atoms with E-state index in [2.05, 4.69) is 0 Å². The van der Waals surface area contributed by atoms with E-state index in [1.165, 1.54) is 0 Å². The first kappa shape index (κ1) is 9.03. The summed E-state index contributed by atoms with van der Waals surface area (Å²) in [6.45, 7) is 0. The molecule has 14 heavy (non-hydrogen) atoms. The lowest BCUT2D eigenvalue weighted by Crippen LogP contribution is -1.99. The molecule has 1 atom stereocenters. The molecule has 72 valence electrons. The molecule has 0 fully saturated rings. The summed E-state index contributed by atoms with van der Waals surface area (Å²) in [5.74, 6) is 0. The Morgan fingerprint density at radius 3 is 2.57 bits per heavy atom. The van der Waals surface area contributed by atoms with Gasteiger partial charge in [-0.25, -0.2) is 0 Å². The molecular weight excluding hydrogens is 176 g/mol. The van der Waals surface area contributed by atoms with Crippen molar-refractivity contribution < 1.29 is 9.52 Å². The van der Waals surface area contributed by atoms with Gasteiger partial charge in [0, 0.05) is 12.0 Å². The second kappa shape index (κ2) is 4.11. The maximum atomic E-state index is 9.80. The zero-order chi connectivity index (χ0) is 9.80. The van der Waals surface area contributed by atoms with Gasteiger partial charge in [-0.05, 0) is 11.6 Å². The molecule has 2 heteroatoms. The maximum Gasteiger partial charge on any atom is 0.0960 e. The van der Waals surface area contributed by atoms with Crippen LogP contribution in [0.25, 0.3) is 0 Å². The van der Waals surface area contributed by atoms with E-state index in [1.54, 1.807) is 18.6 Å². The first-order valence-corrected chi connectivity index (χ1v) is 4.60. The van der Waals surface area contributed by atoms with Crippen molar-refractivity contribution in [1.82, 2.24) is 0 Å². The predicted octanol–water partition coefficient (Wildman–Crippen LogP) is 2.56. The van der Waals surface area contributed by atoms with Crippen LogP contribution in [-0.2, 0) is 6.42 Å². The molecule has 0 radical (unpaired) electrons. The zero-order valence-electron chi connectivity index (χ0n) is 7.76. The summed E-state index contributed by atoms with van der Waals surface area (Å²) in [6, 6.07) is 11.7.